The molecule has 31 heavy (non-hydrogen) atoms. The van der Waals surface area contributed by atoms with Gasteiger partial charge >= 0.3 is 0 Å². The van der Waals surface area contributed by atoms with Crippen LogP contribution >= 0.6 is 0 Å². The number of pyridine rings is 1. The Balaban J connectivity index is 1.44. The maximum atomic E-state index is 5.96. The third-order valence-electron chi connectivity index (χ3n) is 5.74. The van der Waals surface area contributed by atoms with Crippen LogP contribution in [0.1, 0.15) is 25.0 Å². The number of imidazole rings is 1. The van der Waals surface area contributed by atoms with Gasteiger partial charge in [-0.25, -0.2) is 4.98 Å². The van der Waals surface area contributed by atoms with E-state index in [1.165, 1.54) is 32.4 Å². The molecule has 2 aromatic heterocycles. The van der Waals surface area contributed by atoms with E-state index in [0.29, 0.717) is 0 Å². The number of ether oxygens (including phenoxy) is 1. The number of likely N-dealkylation sites (tertiary alicyclic amines) is 1. The Morgan fingerprint density at radius 2 is 1.94 bits per heavy atom. The summed E-state index contributed by atoms with van der Waals surface area (Å²) >= 11 is 0. The number of aromatic nitrogens is 2. The van der Waals surface area contributed by atoms with E-state index in [1.807, 2.05) is 18.3 Å². The molecule has 3 heterocycles. The van der Waals surface area contributed by atoms with Gasteiger partial charge in [-0.3, -0.25) is 14.3 Å². The minimum Gasteiger partial charge on any atom is -0.492 e. The zero-order valence-electron chi connectivity index (χ0n) is 18.2. The normalized spacial score (nSPS) is 15.6. The van der Waals surface area contributed by atoms with Gasteiger partial charge in [0.25, 0.3) is 0 Å². The Bertz CT molecular complexity index is 1070. The lowest BCUT2D eigenvalue weighted by molar-refractivity contribution is 0.183. The molecular weight excluding hydrogens is 384 g/mol. The van der Waals surface area contributed by atoms with Gasteiger partial charge in [-0.15, -0.1) is 0 Å². The number of hydrogen-bond acceptors (Lipinski definition) is 4. The number of rotatable bonds is 8. The molecule has 3 aromatic rings. The van der Waals surface area contributed by atoms with Crippen molar-refractivity contribution in [2.75, 3.05) is 33.3 Å². The monoisotopic (exact) mass is 414 g/mol. The second-order valence-electron chi connectivity index (χ2n) is 7.80. The summed E-state index contributed by atoms with van der Waals surface area (Å²) in [5.41, 5.74) is 5.15. The predicted molar refractivity (Wildman–Crippen MR) is 129 cm³/mol. The third kappa shape index (κ3) is 5.12. The second-order valence-corrected chi connectivity index (χ2v) is 7.80. The molecule has 0 amide bonds. The molecule has 160 valence electrons. The number of aliphatic imine (C=N–C) groups is 1. The summed E-state index contributed by atoms with van der Waals surface area (Å²) in [5, 5.41) is 0. The molecule has 5 nitrogen and oxygen atoms in total. The number of hydrogen-bond donors (Lipinski definition) is 0. The minimum absolute atomic E-state index is 0.740. The van der Waals surface area contributed by atoms with E-state index in [4.69, 9.17) is 4.74 Å². The highest BCUT2D eigenvalue weighted by molar-refractivity contribution is 5.88. The maximum absolute atomic E-state index is 5.96. The van der Waals surface area contributed by atoms with Crippen LogP contribution < -0.4 is 4.74 Å². The van der Waals surface area contributed by atoms with Crippen LogP contribution in [-0.2, 0) is 0 Å². The SMILES string of the molecule is C=C/C(=C\C=NC)c1cnc2cc(-c3ccc(OCCN4CCCCC4)cc3)ccn12. The lowest BCUT2D eigenvalue weighted by Crippen LogP contribution is -2.33. The molecule has 1 fully saturated rings. The molecule has 0 saturated carbocycles. The molecule has 0 spiro atoms. The van der Waals surface area contributed by atoms with Gasteiger partial charge in [-0.2, -0.15) is 0 Å². The van der Waals surface area contributed by atoms with E-state index in [0.717, 1.165) is 46.9 Å². The Kier molecular flexibility index (Phi) is 6.95. The standard InChI is InChI=1S/C26H30N4O/c1-3-21(11-13-27-2)25-20-28-26-19-23(12-16-30(25)26)22-7-9-24(10-8-22)31-18-17-29-14-5-4-6-15-29/h3,7-13,16,19-20H,1,4-6,14-15,17-18H2,2H3/b21-11+,27-13?. The average Bonchev–Trinajstić information content (AvgIpc) is 3.24. The lowest BCUT2D eigenvalue weighted by atomic mass is 10.1. The predicted octanol–water partition coefficient (Wildman–Crippen LogP) is 5.14. The molecule has 1 aliphatic heterocycles. The van der Waals surface area contributed by atoms with Crippen molar-refractivity contribution in [1.29, 1.82) is 0 Å². The third-order valence-corrected chi connectivity index (χ3v) is 5.74. The topological polar surface area (TPSA) is 42.1 Å². The van der Waals surface area contributed by atoms with Gasteiger partial charge in [0.05, 0.1) is 11.9 Å². The van der Waals surface area contributed by atoms with E-state index >= 15 is 0 Å². The largest absolute Gasteiger partial charge is 0.492 e. The number of piperidine rings is 1. The first-order valence-corrected chi connectivity index (χ1v) is 11.0. The Morgan fingerprint density at radius 1 is 1.13 bits per heavy atom. The second kappa shape index (κ2) is 10.2. The van der Waals surface area contributed by atoms with Crippen LogP contribution in [0.25, 0.3) is 22.3 Å². The molecule has 0 N–H and O–H groups in total. The fraction of sp³-hybridized carbons (Fsp3) is 0.308. The summed E-state index contributed by atoms with van der Waals surface area (Å²) in [6.45, 7) is 8.07. The molecular formula is C26H30N4O. The highest BCUT2D eigenvalue weighted by atomic mass is 16.5. The summed E-state index contributed by atoms with van der Waals surface area (Å²) in [6, 6.07) is 12.5. The van der Waals surface area contributed by atoms with Crippen molar-refractivity contribution in [3.63, 3.8) is 0 Å². The molecule has 1 aromatic carbocycles. The van der Waals surface area contributed by atoms with Crippen molar-refractivity contribution in [2.45, 2.75) is 19.3 Å². The first kappa shape index (κ1) is 21.1. The van der Waals surface area contributed by atoms with E-state index in [9.17, 15) is 0 Å². The Hall–Kier alpha value is -3.18. The van der Waals surface area contributed by atoms with Crippen molar-refractivity contribution in [3.05, 3.63) is 73.2 Å². The highest BCUT2D eigenvalue weighted by Gasteiger charge is 2.10. The van der Waals surface area contributed by atoms with E-state index < -0.39 is 0 Å². The van der Waals surface area contributed by atoms with Crippen molar-refractivity contribution < 1.29 is 4.74 Å². The Labute approximate surface area is 184 Å². The van der Waals surface area contributed by atoms with Crippen LogP contribution in [0.2, 0.25) is 0 Å². The van der Waals surface area contributed by atoms with Gasteiger partial charge < -0.3 is 4.74 Å². The first-order chi connectivity index (χ1) is 15.3. The lowest BCUT2D eigenvalue weighted by Gasteiger charge is -2.26. The van der Waals surface area contributed by atoms with Crippen molar-refractivity contribution >= 4 is 17.4 Å². The van der Waals surface area contributed by atoms with Crippen molar-refractivity contribution in [1.82, 2.24) is 14.3 Å². The van der Waals surface area contributed by atoms with Crippen LogP contribution in [0.15, 0.2) is 72.5 Å². The van der Waals surface area contributed by atoms with Gasteiger partial charge in [0.2, 0.25) is 0 Å². The molecule has 4 rings (SSSR count). The summed E-state index contributed by atoms with van der Waals surface area (Å²) < 4.78 is 8.03. The quantitative estimate of drug-likeness (QED) is 0.379. The summed E-state index contributed by atoms with van der Waals surface area (Å²) in [5.74, 6) is 0.920. The van der Waals surface area contributed by atoms with Crippen LogP contribution in [0.5, 0.6) is 5.75 Å². The van der Waals surface area contributed by atoms with Crippen LogP contribution in [0.3, 0.4) is 0 Å². The van der Waals surface area contributed by atoms with Crippen LogP contribution in [0.4, 0.5) is 0 Å². The van der Waals surface area contributed by atoms with Gasteiger partial charge in [-0.1, -0.05) is 31.2 Å². The minimum atomic E-state index is 0.740. The van der Waals surface area contributed by atoms with Gasteiger partial charge in [0.15, 0.2) is 0 Å². The maximum Gasteiger partial charge on any atom is 0.137 e. The zero-order valence-corrected chi connectivity index (χ0v) is 18.2. The smallest absolute Gasteiger partial charge is 0.137 e. The molecule has 0 unspecified atom stereocenters. The number of fused-ring (bicyclic) bond motifs is 1. The van der Waals surface area contributed by atoms with E-state index in [-0.39, 0.29) is 0 Å². The zero-order chi connectivity index (χ0) is 21.5. The first-order valence-electron chi connectivity index (χ1n) is 11.0. The molecule has 0 atom stereocenters. The fourth-order valence-electron chi connectivity index (χ4n) is 4.01. The van der Waals surface area contributed by atoms with E-state index in [2.05, 4.69) is 68.5 Å². The number of benzene rings is 1. The highest BCUT2D eigenvalue weighted by Crippen LogP contribution is 2.25. The number of nitrogens with zero attached hydrogens (tertiary/aromatic N) is 4. The molecule has 1 aliphatic rings. The summed E-state index contributed by atoms with van der Waals surface area (Å²) in [7, 11) is 1.75. The molecule has 0 aliphatic carbocycles. The van der Waals surface area contributed by atoms with Crippen LogP contribution in [0, 0.1) is 0 Å². The summed E-state index contributed by atoms with van der Waals surface area (Å²) in [6.07, 6.45) is 13.4. The molecule has 1 saturated heterocycles. The van der Waals surface area contributed by atoms with Crippen LogP contribution in [-0.4, -0.2) is 53.8 Å². The van der Waals surface area contributed by atoms with E-state index in [1.54, 1.807) is 13.3 Å². The summed E-state index contributed by atoms with van der Waals surface area (Å²) in [4.78, 5) is 11.1. The van der Waals surface area contributed by atoms with Gasteiger partial charge in [0.1, 0.15) is 18.0 Å². The Morgan fingerprint density at radius 3 is 2.68 bits per heavy atom. The molecule has 0 bridgehead atoms. The fourth-order valence-corrected chi connectivity index (χ4v) is 4.01. The van der Waals surface area contributed by atoms with Gasteiger partial charge in [0, 0.05) is 31.6 Å². The average molecular weight is 415 g/mol. The van der Waals surface area contributed by atoms with Gasteiger partial charge in [-0.05, 0) is 67.4 Å². The van der Waals surface area contributed by atoms with Crippen molar-refractivity contribution in [2.24, 2.45) is 4.99 Å². The van der Waals surface area contributed by atoms with Crippen molar-refractivity contribution in [3.8, 4) is 16.9 Å². The number of allylic oxidation sites excluding steroid dienone is 3. The molecule has 0 radical (unpaired) electrons. The molecule has 5 heteroatoms.